The Labute approximate surface area is 74.6 Å². The van der Waals surface area contributed by atoms with E-state index < -0.39 is 0 Å². The first-order valence-corrected chi connectivity index (χ1v) is 4.35. The topological polar surface area (TPSA) is 26.0 Å². The quantitative estimate of drug-likeness (QED) is 0.676. The fraction of sp³-hybridized carbons (Fsp3) is 0.455. The van der Waals surface area contributed by atoms with E-state index >= 15 is 0 Å². The van der Waals surface area contributed by atoms with Gasteiger partial charge in [-0.1, -0.05) is 17.7 Å². The van der Waals surface area contributed by atoms with Crippen LogP contribution in [0.1, 0.15) is 35.2 Å². The molecule has 0 aliphatic carbocycles. The molecule has 0 aromatic heterocycles. The molecule has 0 aliphatic heterocycles. The summed E-state index contributed by atoms with van der Waals surface area (Å²) in [4.78, 5) is 0. The predicted molar refractivity (Wildman–Crippen MR) is 53.3 cm³/mol. The lowest BCUT2D eigenvalue weighted by molar-refractivity contribution is 0.800. The molecule has 0 saturated carbocycles. The lowest BCUT2D eigenvalue weighted by atomic mass is 9.95. The highest BCUT2D eigenvalue weighted by Gasteiger charge is 2.06. The normalized spacial score (nSPS) is 13.1. The summed E-state index contributed by atoms with van der Waals surface area (Å²) in [5.74, 6) is 0. The first kappa shape index (κ1) is 9.27. The van der Waals surface area contributed by atoms with Gasteiger partial charge in [0.2, 0.25) is 0 Å². The van der Waals surface area contributed by atoms with Gasteiger partial charge >= 0.3 is 0 Å². The second kappa shape index (κ2) is 3.28. The van der Waals surface area contributed by atoms with Crippen LogP contribution in [0.3, 0.4) is 0 Å². The Morgan fingerprint density at radius 3 is 1.83 bits per heavy atom. The second-order valence-corrected chi connectivity index (χ2v) is 3.60. The Balaban J connectivity index is 3.28. The minimum atomic E-state index is 0.144. The Hall–Kier alpha value is -0.820. The lowest BCUT2D eigenvalue weighted by Gasteiger charge is -2.14. The van der Waals surface area contributed by atoms with Gasteiger partial charge in [0, 0.05) is 6.04 Å². The van der Waals surface area contributed by atoms with Gasteiger partial charge in [-0.25, -0.2) is 0 Å². The third kappa shape index (κ3) is 1.67. The van der Waals surface area contributed by atoms with Crippen molar-refractivity contribution in [3.05, 3.63) is 34.4 Å². The molecule has 0 heterocycles. The summed E-state index contributed by atoms with van der Waals surface area (Å²) in [5.41, 5.74) is 11.1. The average Bonchev–Trinajstić information content (AvgIpc) is 1.82. The lowest BCUT2D eigenvalue weighted by Crippen LogP contribution is -2.09. The molecule has 1 unspecified atom stereocenters. The van der Waals surface area contributed by atoms with Crippen molar-refractivity contribution in [3.63, 3.8) is 0 Å². The number of rotatable bonds is 1. The van der Waals surface area contributed by atoms with Crippen molar-refractivity contribution in [1.82, 2.24) is 0 Å². The van der Waals surface area contributed by atoms with Crippen molar-refractivity contribution in [2.45, 2.75) is 33.7 Å². The molecule has 1 aromatic rings. The van der Waals surface area contributed by atoms with Gasteiger partial charge in [-0.15, -0.1) is 0 Å². The van der Waals surface area contributed by atoms with Gasteiger partial charge in [0.15, 0.2) is 0 Å². The highest BCUT2D eigenvalue weighted by atomic mass is 14.6. The van der Waals surface area contributed by atoms with Crippen LogP contribution in [0.2, 0.25) is 0 Å². The van der Waals surface area contributed by atoms with Crippen molar-refractivity contribution in [2.24, 2.45) is 5.73 Å². The Kier molecular flexibility index (Phi) is 2.53. The maximum atomic E-state index is 5.87. The molecule has 0 amide bonds. The van der Waals surface area contributed by atoms with Crippen LogP contribution in [0.4, 0.5) is 0 Å². The average molecular weight is 163 g/mol. The summed E-state index contributed by atoms with van der Waals surface area (Å²) in [6.45, 7) is 8.40. The van der Waals surface area contributed by atoms with Crippen LogP contribution in [0, 0.1) is 20.8 Å². The van der Waals surface area contributed by atoms with E-state index in [-0.39, 0.29) is 6.04 Å². The number of aryl methyl sites for hydroxylation is 3. The van der Waals surface area contributed by atoms with E-state index in [1.54, 1.807) is 0 Å². The summed E-state index contributed by atoms with van der Waals surface area (Å²) >= 11 is 0. The zero-order chi connectivity index (χ0) is 9.30. The van der Waals surface area contributed by atoms with Crippen molar-refractivity contribution < 1.29 is 0 Å². The number of hydrogen-bond acceptors (Lipinski definition) is 1. The molecule has 12 heavy (non-hydrogen) atoms. The van der Waals surface area contributed by atoms with Crippen LogP contribution in [0.25, 0.3) is 0 Å². The van der Waals surface area contributed by atoms with Gasteiger partial charge < -0.3 is 5.73 Å². The summed E-state index contributed by atoms with van der Waals surface area (Å²) in [5, 5.41) is 0. The fourth-order valence-electron chi connectivity index (χ4n) is 1.91. The van der Waals surface area contributed by atoms with E-state index in [2.05, 4.69) is 32.9 Å². The van der Waals surface area contributed by atoms with E-state index in [1.165, 1.54) is 22.3 Å². The van der Waals surface area contributed by atoms with Gasteiger partial charge in [0.1, 0.15) is 0 Å². The maximum Gasteiger partial charge on any atom is 0.0271 e. The predicted octanol–water partition coefficient (Wildman–Crippen LogP) is 2.63. The summed E-state index contributed by atoms with van der Waals surface area (Å²) < 4.78 is 0. The van der Waals surface area contributed by atoms with Crippen LogP contribution in [-0.2, 0) is 0 Å². The van der Waals surface area contributed by atoms with Gasteiger partial charge in [0.05, 0.1) is 0 Å². The van der Waals surface area contributed by atoms with E-state index in [9.17, 15) is 0 Å². The molecular formula is C11H17N. The Morgan fingerprint density at radius 2 is 1.50 bits per heavy atom. The third-order valence-corrected chi connectivity index (χ3v) is 2.19. The molecule has 1 heteroatoms. The summed E-state index contributed by atoms with van der Waals surface area (Å²) in [6, 6.07) is 4.52. The molecule has 0 saturated heterocycles. The van der Waals surface area contributed by atoms with E-state index in [0.29, 0.717) is 0 Å². The van der Waals surface area contributed by atoms with Crippen molar-refractivity contribution in [3.8, 4) is 0 Å². The second-order valence-electron chi connectivity index (χ2n) is 3.60. The first-order valence-electron chi connectivity index (χ1n) is 4.35. The van der Waals surface area contributed by atoms with Crippen LogP contribution in [0.5, 0.6) is 0 Å². The van der Waals surface area contributed by atoms with Crippen molar-refractivity contribution in [2.75, 3.05) is 0 Å². The SMILES string of the molecule is Cc1cc(C)c(C(C)N)c(C)c1. The highest BCUT2D eigenvalue weighted by Crippen LogP contribution is 2.21. The molecular weight excluding hydrogens is 146 g/mol. The molecule has 2 N–H and O–H groups in total. The number of nitrogens with two attached hydrogens (primary N) is 1. The summed E-state index contributed by atoms with van der Waals surface area (Å²) in [7, 11) is 0. The standard InChI is InChI=1S/C11H17N/c1-7-5-8(2)11(10(4)12)9(3)6-7/h5-6,10H,12H2,1-4H3. The van der Waals surface area contributed by atoms with Gasteiger partial charge in [-0.3, -0.25) is 0 Å². The Bertz CT molecular complexity index is 264. The molecule has 66 valence electrons. The third-order valence-electron chi connectivity index (χ3n) is 2.19. The van der Waals surface area contributed by atoms with Crippen LogP contribution in [0.15, 0.2) is 12.1 Å². The van der Waals surface area contributed by atoms with Crippen molar-refractivity contribution >= 4 is 0 Å². The molecule has 1 atom stereocenters. The van der Waals surface area contributed by atoms with Crippen LogP contribution >= 0.6 is 0 Å². The minimum absolute atomic E-state index is 0.144. The smallest absolute Gasteiger partial charge is 0.0271 e. The molecule has 0 bridgehead atoms. The van der Waals surface area contributed by atoms with Crippen molar-refractivity contribution in [1.29, 1.82) is 0 Å². The molecule has 0 radical (unpaired) electrons. The molecule has 1 aromatic carbocycles. The number of hydrogen-bond donors (Lipinski definition) is 1. The molecule has 0 aliphatic rings. The molecule has 0 fully saturated rings. The first-order chi connectivity index (χ1) is 5.52. The van der Waals surface area contributed by atoms with Crippen LogP contribution < -0.4 is 5.73 Å². The monoisotopic (exact) mass is 163 g/mol. The highest BCUT2D eigenvalue weighted by molar-refractivity contribution is 5.39. The molecule has 1 rings (SSSR count). The summed E-state index contributed by atoms with van der Waals surface area (Å²) in [6.07, 6.45) is 0. The van der Waals surface area contributed by atoms with Gasteiger partial charge in [-0.2, -0.15) is 0 Å². The fourth-order valence-corrected chi connectivity index (χ4v) is 1.91. The van der Waals surface area contributed by atoms with E-state index in [0.717, 1.165) is 0 Å². The van der Waals surface area contributed by atoms with E-state index in [1.807, 2.05) is 6.92 Å². The molecule has 1 nitrogen and oxygen atoms in total. The largest absolute Gasteiger partial charge is 0.324 e. The van der Waals surface area contributed by atoms with Gasteiger partial charge in [-0.05, 0) is 44.4 Å². The molecule has 0 spiro atoms. The van der Waals surface area contributed by atoms with E-state index in [4.69, 9.17) is 5.73 Å². The number of benzene rings is 1. The van der Waals surface area contributed by atoms with Crippen LogP contribution in [-0.4, -0.2) is 0 Å². The minimum Gasteiger partial charge on any atom is -0.324 e. The zero-order valence-corrected chi connectivity index (χ0v) is 8.31. The van der Waals surface area contributed by atoms with Gasteiger partial charge in [0.25, 0.3) is 0 Å². The Morgan fingerprint density at radius 1 is 1.08 bits per heavy atom. The zero-order valence-electron chi connectivity index (χ0n) is 8.31. The maximum absolute atomic E-state index is 5.87.